The minimum atomic E-state index is -2.62. The number of alkyl halides is 1. The number of carbonyl (C=O) groups excluding carboxylic acids is 3. The molecule has 1 heterocycles. The Hall–Kier alpha value is -3.03. The molecule has 3 rings (SSSR count). The first-order valence-corrected chi connectivity index (χ1v) is 9.64. The molecule has 6 nitrogen and oxygen atoms in total. The molecule has 8 heteroatoms. The maximum atomic E-state index is 15.6. The third kappa shape index (κ3) is 4.93. The van der Waals surface area contributed by atoms with Gasteiger partial charge in [-0.25, -0.2) is 4.39 Å². The van der Waals surface area contributed by atoms with Gasteiger partial charge in [-0.05, 0) is 23.8 Å². The lowest BCUT2D eigenvalue weighted by Gasteiger charge is -2.34. The highest BCUT2D eigenvalue weighted by Gasteiger charge is 2.43. The molecule has 3 amide bonds. The van der Waals surface area contributed by atoms with Crippen LogP contribution < -0.4 is 15.4 Å². The first-order valence-electron chi connectivity index (χ1n) is 9.64. The number of amides is 3. The van der Waals surface area contributed by atoms with Crippen LogP contribution in [0.15, 0.2) is 48.3 Å². The third-order valence-electron chi connectivity index (χ3n) is 4.94. The number of carbonyl (C=O) groups is 3. The predicted molar refractivity (Wildman–Crippen MR) is 106 cm³/mol. The second-order valence-corrected chi connectivity index (χ2v) is 8.53. The zero-order valence-corrected chi connectivity index (χ0v) is 17.0. The van der Waals surface area contributed by atoms with Crippen molar-refractivity contribution in [1.82, 2.24) is 10.6 Å². The van der Waals surface area contributed by atoms with E-state index < -0.39 is 29.0 Å². The molecule has 0 bridgehead atoms. The van der Waals surface area contributed by atoms with Crippen LogP contribution in [0.3, 0.4) is 0 Å². The number of nitrogens with one attached hydrogen (secondary N) is 2. The zero-order valence-electron chi connectivity index (χ0n) is 17.0. The van der Waals surface area contributed by atoms with Gasteiger partial charge in [-0.15, -0.1) is 0 Å². The monoisotopic (exact) mass is 418 g/mol. The Balaban J connectivity index is 1.77. The van der Waals surface area contributed by atoms with Crippen molar-refractivity contribution in [3.63, 3.8) is 0 Å². The van der Waals surface area contributed by atoms with Gasteiger partial charge in [0, 0.05) is 30.3 Å². The minimum Gasteiger partial charge on any atom is -0.452 e. The van der Waals surface area contributed by atoms with E-state index >= 15 is 4.39 Å². The lowest BCUT2D eigenvalue weighted by molar-refractivity contribution is -0.134. The molecular formula is C22H24F2N2O4. The SMILES string of the molecule is CC(C)(C)C(=O)NC1C=CC(F)=CC1(F)Oc1ccc(C2CC(=O)NC(=O)C2)cc1. The Kier molecular flexibility index (Phi) is 5.78. The fourth-order valence-electron chi connectivity index (χ4n) is 3.24. The number of rotatable bonds is 4. The van der Waals surface area contributed by atoms with Crippen LogP contribution in [0.2, 0.25) is 0 Å². The number of benzene rings is 1. The maximum absolute atomic E-state index is 15.6. The molecule has 2 unspecified atom stereocenters. The summed E-state index contributed by atoms with van der Waals surface area (Å²) in [6, 6.07) is 5.02. The molecule has 1 aliphatic carbocycles. The molecule has 1 aromatic carbocycles. The van der Waals surface area contributed by atoms with Gasteiger partial charge in [-0.1, -0.05) is 39.0 Å². The van der Waals surface area contributed by atoms with Crippen LogP contribution in [0.4, 0.5) is 8.78 Å². The largest absolute Gasteiger partial charge is 0.452 e. The topological polar surface area (TPSA) is 84.5 Å². The van der Waals surface area contributed by atoms with Crippen molar-refractivity contribution in [2.24, 2.45) is 5.41 Å². The van der Waals surface area contributed by atoms with E-state index in [1.165, 1.54) is 18.2 Å². The van der Waals surface area contributed by atoms with Crippen LogP contribution in [0.5, 0.6) is 5.75 Å². The smallest absolute Gasteiger partial charge is 0.293 e. The summed E-state index contributed by atoms with van der Waals surface area (Å²) >= 11 is 0. The van der Waals surface area contributed by atoms with Gasteiger partial charge < -0.3 is 10.1 Å². The lowest BCUT2D eigenvalue weighted by Crippen LogP contribution is -2.54. The number of allylic oxidation sites excluding steroid dienone is 2. The molecule has 30 heavy (non-hydrogen) atoms. The summed E-state index contributed by atoms with van der Waals surface area (Å²) in [6.07, 6.45) is 3.32. The van der Waals surface area contributed by atoms with E-state index in [2.05, 4.69) is 10.6 Å². The van der Waals surface area contributed by atoms with Gasteiger partial charge in [0.15, 0.2) is 0 Å². The standard InChI is InChI=1S/C22H24F2N2O4/c1-21(2,3)20(29)25-17-9-6-15(23)12-22(17,24)30-16-7-4-13(5-8-16)14-10-18(27)26-19(28)11-14/h4-9,12,14,17H,10-11H2,1-3H3,(H,25,29)(H,26,27,28). The Morgan fingerprint density at radius 3 is 2.33 bits per heavy atom. The van der Waals surface area contributed by atoms with E-state index in [0.717, 1.165) is 11.6 Å². The summed E-state index contributed by atoms with van der Waals surface area (Å²) in [5.74, 6) is -4.69. The Morgan fingerprint density at radius 1 is 1.17 bits per heavy atom. The van der Waals surface area contributed by atoms with E-state index in [1.54, 1.807) is 32.9 Å². The van der Waals surface area contributed by atoms with Crippen molar-refractivity contribution < 1.29 is 27.9 Å². The van der Waals surface area contributed by atoms with E-state index in [1.807, 2.05) is 0 Å². The quantitative estimate of drug-likeness (QED) is 0.736. The van der Waals surface area contributed by atoms with Gasteiger partial charge >= 0.3 is 0 Å². The van der Waals surface area contributed by atoms with Crippen molar-refractivity contribution >= 4 is 17.7 Å². The van der Waals surface area contributed by atoms with Crippen LogP contribution in [0, 0.1) is 5.41 Å². The number of halogens is 2. The molecule has 2 N–H and O–H groups in total. The fourth-order valence-corrected chi connectivity index (χ4v) is 3.24. The van der Waals surface area contributed by atoms with Crippen molar-refractivity contribution in [2.45, 2.75) is 51.4 Å². The summed E-state index contributed by atoms with van der Waals surface area (Å²) in [5, 5.41) is 4.79. The Labute approximate surface area is 173 Å². The third-order valence-corrected chi connectivity index (χ3v) is 4.94. The van der Waals surface area contributed by atoms with Crippen LogP contribution >= 0.6 is 0 Å². The molecule has 1 fully saturated rings. The molecule has 1 aromatic rings. The highest BCUT2D eigenvalue weighted by atomic mass is 19.2. The van der Waals surface area contributed by atoms with Crippen LogP contribution in [0.25, 0.3) is 0 Å². The van der Waals surface area contributed by atoms with Crippen LogP contribution in [0.1, 0.15) is 45.1 Å². The number of imide groups is 1. The molecule has 0 aromatic heterocycles. The summed E-state index contributed by atoms with van der Waals surface area (Å²) in [4.78, 5) is 35.4. The second kappa shape index (κ2) is 8.01. The Morgan fingerprint density at radius 2 is 1.77 bits per heavy atom. The predicted octanol–water partition coefficient (Wildman–Crippen LogP) is 3.21. The minimum absolute atomic E-state index is 0.113. The molecule has 0 saturated carbocycles. The summed E-state index contributed by atoms with van der Waals surface area (Å²) in [5.41, 5.74) is -0.0267. The molecule has 2 aliphatic rings. The molecule has 0 radical (unpaired) electrons. The molecule has 2 atom stereocenters. The number of piperidine rings is 1. The number of hydrogen-bond donors (Lipinski definition) is 2. The second-order valence-electron chi connectivity index (χ2n) is 8.53. The van der Waals surface area contributed by atoms with Gasteiger partial charge in [0.05, 0.1) is 0 Å². The van der Waals surface area contributed by atoms with Gasteiger partial charge in [0.25, 0.3) is 5.85 Å². The van der Waals surface area contributed by atoms with Gasteiger partial charge in [-0.3, -0.25) is 19.7 Å². The van der Waals surface area contributed by atoms with Gasteiger partial charge in [-0.2, -0.15) is 4.39 Å². The van der Waals surface area contributed by atoms with E-state index in [4.69, 9.17) is 4.74 Å². The van der Waals surface area contributed by atoms with Gasteiger partial charge in [0.1, 0.15) is 17.6 Å². The van der Waals surface area contributed by atoms with Crippen LogP contribution in [-0.2, 0) is 14.4 Å². The highest BCUT2D eigenvalue weighted by Crippen LogP contribution is 2.33. The van der Waals surface area contributed by atoms with Crippen molar-refractivity contribution in [3.05, 3.63) is 53.9 Å². The first-order chi connectivity index (χ1) is 14.0. The maximum Gasteiger partial charge on any atom is 0.293 e. The highest BCUT2D eigenvalue weighted by molar-refractivity contribution is 5.98. The fraction of sp³-hybridized carbons (Fsp3) is 0.409. The van der Waals surface area contributed by atoms with Crippen molar-refractivity contribution in [2.75, 3.05) is 0 Å². The van der Waals surface area contributed by atoms with Crippen molar-refractivity contribution in [3.8, 4) is 5.75 Å². The summed E-state index contributed by atoms with van der Waals surface area (Å²) in [7, 11) is 0. The summed E-state index contributed by atoms with van der Waals surface area (Å²) < 4.78 is 34.8. The number of ether oxygens (including phenoxy) is 1. The number of hydrogen-bond acceptors (Lipinski definition) is 4. The summed E-state index contributed by atoms with van der Waals surface area (Å²) in [6.45, 7) is 5.04. The molecule has 160 valence electrons. The van der Waals surface area contributed by atoms with Crippen LogP contribution in [-0.4, -0.2) is 29.6 Å². The lowest BCUT2D eigenvalue weighted by atomic mass is 9.89. The zero-order chi connectivity index (χ0) is 22.1. The molecule has 1 aliphatic heterocycles. The molecule has 1 saturated heterocycles. The average Bonchev–Trinajstić information content (AvgIpc) is 2.63. The Bertz CT molecular complexity index is 902. The first kappa shape index (κ1) is 21.7. The van der Waals surface area contributed by atoms with E-state index in [-0.39, 0.29) is 36.3 Å². The van der Waals surface area contributed by atoms with E-state index in [0.29, 0.717) is 6.08 Å². The normalized spacial score (nSPS) is 24.8. The molecule has 0 spiro atoms. The average molecular weight is 418 g/mol. The van der Waals surface area contributed by atoms with E-state index in [9.17, 15) is 18.8 Å². The van der Waals surface area contributed by atoms with Crippen molar-refractivity contribution in [1.29, 1.82) is 0 Å². The molecular weight excluding hydrogens is 394 g/mol. The van der Waals surface area contributed by atoms with Gasteiger partial charge in [0.2, 0.25) is 17.7 Å².